The third-order valence-corrected chi connectivity index (χ3v) is 4.39. The van der Waals surface area contributed by atoms with E-state index in [0.29, 0.717) is 29.8 Å². The lowest BCUT2D eigenvalue weighted by Gasteiger charge is -2.16. The van der Waals surface area contributed by atoms with Crippen LogP contribution in [0.1, 0.15) is 53.4 Å². The van der Waals surface area contributed by atoms with E-state index in [9.17, 15) is 9.90 Å². The predicted molar refractivity (Wildman–Crippen MR) is 110 cm³/mol. The average Bonchev–Trinajstić information content (AvgIpc) is 2.64. The van der Waals surface area contributed by atoms with E-state index in [1.54, 1.807) is 10.6 Å². The maximum absolute atomic E-state index is 13.0. The standard InChI is InChI=1S/C22H31NO4/c1-5-7-12-23-19-15-17(26-13-8-6-2)9-10-18(19)20(24)21(22(23)25)27-14-11-16(3)4/h9-11,15,24H,5-8,12-14H2,1-4H3. The van der Waals surface area contributed by atoms with E-state index in [-0.39, 0.29) is 23.7 Å². The van der Waals surface area contributed by atoms with Gasteiger partial charge in [0, 0.05) is 18.0 Å². The number of allylic oxidation sites excluding steroid dienone is 1. The molecule has 0 saturated carbocycles. The van der Waals surface area contributed by atoms with E-state index < -0.39 is 0 Å². The maximum atomic E-state index is 13.0. The van der Waals surface area contributed by atoms with E-state index in [0.717, 1.165) is 31.3 Å². The third kappa shape index (κ3) is 5.28. The molecule has 2 rings (SSSR count). The smallest absolute Gasteiger partial charge is 0.297 e. The molecule has 5 nitrogen and oxygen atoms in total. The SMILES string of the molecule is CCCCOc1ccc2c(O)c(OCC=C(C)C)c(=O)n(CCCC)c2c1. The van der Waals surface area contributed by atoms with E-state index in [1.807, 2.05) is 32.1 Å². The van der Waals surface area contributed by atoms with E-state index in [1.165, 1.54) is 0 Å². The first-order valence-electron chi connectivity index (χ1n) is 9.78. The lowest BCUT2D eigenvalue weighted by Crippen LogP contribution is -2.23. The highest BCUT2D eigenvalue weighted by molar-refractivity contribution is 5.88. The highest BCUT2D eigenvalue weighted by Crippen LogP contribution is 2.33. The number of unbranched alkanes of at least 4 members (excludes halogenated alkanes) is 2. The Morgan fingerprint density at radius 1 is 1.15 bits per heavy atom. The van der Waals surface area contributed by atoms with Crippen LogP contribution in [0.15, 0.2) is 34.6 Å². The number of hydrogen-bond donors (Lipinski definition) is 1. The number of rotatable bonds is 10. The van der Waals surface area contributed by atoms with Gasteiger partial charge in [-0.1, -0.05) is 32.3 Å². The number of aromatic nitrogens is 1. The molecule has 0 atom stereocenters. The number of benzene rings is 1. The van der Waals surface area contributed by atoms with Crippen LogP contribution in [0.3, 0.4) is 0 Å². The van der Waals surface area contributed by atoms with Crippen LogP contribution >= 0.6 is 0 Å². The topological polar surface area (TPSA) is 60.7 Å². The van der Waals surface area contributed by atoms with Crippen molar-refractivity contribution in [3.8, 4) is 17.2 Å². The molecule has 148 valence electrons. The van der Waals surface area contributed by atoms with Gasteiger partial charge < -0.3 is 19.1 Å². The molecule has 5 heteroatoms. The molecule has 0 amide bonds. The van der Waals surface area contributed by atoms with Crippen molar-refractivity contribution in [1.29, 1.82) is 0 Å². The van der Waals surface area contributed by atoms with Crippen LogP contribution in [0.4, 0.5) is 0 Å². The second-order valence-electron chi connectivity index (χ2n) is 6.96. The molecule has 0 spiro atoms. The molecule has 0 radical (unpaired) electrons. The van der Waals surface area contributed by atoms with Crippen molar-refractivity contribution in [2.75, 3.05) is 13.2 Å². The largest absolute Gasteiger partial charge is 0.504 e. The van der Waals surface area contributed by atoms with Gasteiger partial charge in [0.2, 0.25) is 5.75 Å². The van der Waals surface area contributed by atoms with Crippen LogP contribution in [-0.2, 0) is 6.54 Å². The minimum absolute atomic E-state index is 0.00996. The molecular weight excluding hydrogens is 342 g/mol. The molecule has 1 N–H and O–H groups in total. The fourth-order valence-electron chi connectivity index (χ4n) is 2.77. The second kappa shape index (κ2) is 10.0. The van der Waals surface area contributed by atoms with Gasteiger partial charge in [-0.3, -0.25) is 4.79 Å². The number of nitrogens with zero attached hydrogens (tertiary/aromatic N) is 1. The van der Waals surface area contributed by atoms with Crippen molar-refractivity contribution in [2.24, 2.45) is 0 Å². The number of ether oxygens (including phenoxy) is 2. The summed E-state index contributed by atoms with van der Waals surface area (Å²) in [5, 5.41) is 11.2. The van der Waals surface area contributed by atoms with Gasteiger partial charge in [-0.15, -0.1) is 0 Å². The number of aryl methyl sites for hydroxylation is 1. The number of hydrogen-bond acceptors (Lipinski definition) is 4. The first kappa shape index (κ1) is 20.9. The lowest BCUT2D eigenvalue weighted by atomic mass is 10.1. The summed E-state index contributed by atoms with van der Waals surface area (Å²) >= 11 is 0. The molecule has 0 aliphatic rings. The number of pyridine rings is 1. The number of fused-ring (bicyclic) bond motifs is 1. The van der Waals surface area contributed by atoms with E-state index >= 15 is 0 Å². The van der Waals surface area contributed by atoms with Crippen LogP contribution in [0.25, 0.3) is 10.9 Å². The Morgan fingerprint density at radius 2 is 1.89 bits per heavy atom. The molecule has 0 aliphatic carbocycles. The Morgan fingerprint density at radius 3 is 2.56 bits per heavy atom. The maximum Gasteiger partial charge on any atom is 0.297 e. The van der Waals surface area contributed by atoms with Gasteiger partial charge in [0.15, 0.2) is 5.75 Å². The fourth-order valence-corrected chi connectivity index (χ4v) is 2.77. The third-order valence-electron chi connectivity index (χ3n) is 4.39. The molecular formula is C22H31NO4. The normalized spacial score (nSPS) is 10.8. The van der Waals surface area contributed by atoms with Gasteiger partial charge in [-0.05, 0) is 44.9 Å². The molecule has 1 aromatic heterocycles. The van der Waals surface area contributed by atoms with E-state index in [4.69, 9.17) is 9.47 Å². The Hall–Kier alpha value is -2.43. The van der Waals surface area contributed by atoms with Crippen LogP contribution in [0.2, 0.25) is 0 Å². The summed E-state index contributed by atoms with van der Waals surface area (Å²) in [6, 6.07) is 5.45. The van der Waals surface area contributed by atoms with Crippen molar-refractivity contribution >= 4 is 10.9 Å². The first-order valence-corrected chi connectivity index (χ1v) is 9.78. The van der Waals surface area contributed by atoms with Crippen molar-refractivity contribution in [2.45, 2.75) is 59.9 Å². The Balaban J connectivity index is 2.51. The van der Waals surface area contributed by atoms with Crippen LogP contribution in [0, 0.1) is 0 Å². The minimum atomic E-state index is -0.304. The van der Waals surface area contributed by atoms with Crippen molar-refractivity contribution < 1.29 is 14.6 Å². The zero-order chi connectivity index (χ0) is 19.8. The summed E-state index contributed by atoms with van der Waals surface area (Å²) in [6.07, 6.45) is 5.75. The molecule has 1 heterocycles. The molecule has 0 aliphatic heterocycles. The van der Waals surface area contributed by atoms with Crippen molar-refractivity contribution in [1.82, 2.24) is 4.57 Å². The Kier molecular flexibility index (Phi) is 7.77. The number of aromatic hydroxyl groups is 1. The highest BCUT2D eigenvalue weighted by atomic mass is 16.5. The molecule has 0 saturated heterocycles. The van der Waals surface area contributed by atoms with Crippen molar-refractivity contribution in [3.63, 3.8) is 0 Å². The van der Waals surface area contributed by atoms with Crippen LogP contribution in [0.5, 0.6) is 17.2 Å². The van der Waals surface area contributed by atoms with Gasteiger partial charge in [0.1, 0.15) is 12.4 Å². The fraction of sp³-hybridized carbons (Fsp3) is 0.500. The average molecular weight is 373 g/mol. The Labute approximate surface area is 161 Å². The second-order valence-corrected chi connectivity index (χ2v) is 6.96. The van der Waals surface area contributed by atoms with Gasteiger partial charge >= 0.3 is 0 Å². The lowest BCUT2D eigenvalue weighted by molar-refractivity contribution is 0.309. The Bertz CT molecular complexity index is 847. The minimum Gasteiger partial charge on any atom is -0.504 e. The summed E-state index contributed by atoms with van der Waals surface area (Å²) in [5.41, 5.74) is 1.46. The molecule has 2 aromatic rings. The van der Waals surface area contributed by atoms with Crippen LogP contribution < -0.4 is 15.0 Å². The van der Waals surface area contributed by atoms with Gasteiger partial charge in [-0.2, -0.15) is 0 Å². The van der Waals surface area contributed by atoms with Gasteiger partial charge in [0.25, 0.3) is 5.56 Å². The molecule has 1 aromatic carbocycles. The molecule has 0 bridgehead atoms. The molecule has 0 unspecified atom stereocenters. The van der Waals surface area contributed by atoms with Gasteiger partial charge in [0.05, 0.1) is 12.1 Å². The molecule has 0 fully saturated rings. The highest BCUT2D eigenvalue weighted by Gasteiger charge is 2.18. The summed E-state index contributed by atoms with van der Waals surface area (Å²) < 4.78 is 13.1. The predicted octanol–water partition coefficient (Wildman–Crippen LogP) is 5.03. The first-order chi connectivity index (χ1) is 13.0. The van der Waals surface area contributed by atoms with E-state index in [2.05, 4.69) is 13.8 Å². The monoisotopic (exact) mass is 373 g/mol. The summed E-state index contributed by atoms with van der Waals surface area (Å²) in [6.45, 7) is 9.58. The molecule has 27 heavy (non-hydrogen) atoms. The van der Waals surface area contributed by atoms with Crippen molar-refractivity contribution in [3.05, 3.63) is 40.2 Å². The van der Waals surface area contributed by atoms with Crippen LogP contribution in [-0.4, -0.2) is 22.9 Å². The summed E-state index contributed by atoms with van der Waals surface area (Å²) in [7, 11) is 0. The zero-order valence-electron chi connectivity index (χ0n) is 16.9. The quantitative estimate of drug-likeness (QED) is 0.469. The summed E-state index contributed by atoms with van der Waals surface area (Å²) in [4.78, 5) is 13.0. The summed E-state index contributed by atoms with van der Waals surface area (Å²) in [5.74, 6) is 0.610. The zero-order valence-corrected chi connectivity index (χ0v) is 16.9. The van der Waals surface area contributed by atoms with Gasteiger partial charge in [-0.25, -0.2) is 0 Å².